The van der Waals surface area contributed by atoms with Gasteiger partial charge in [-0.1, -0.05) is 38.8 Å². The minimum atomic E-state index is -0.636. The highest BCUT2D eigenvalue weighted by Gasteiger charge is 2.61. The van der Waals surface area contributed by atoms with Crippen LogP contribution in [0.2, 0.25) is 0 Å². The molecule has 0 heterocycles. The van der Waals surface area contributed by atoms with Crippen molar-refractivity contribution in [1.82, 2.24) is 5.32 Å². The molecule has 116 valence electrons. The van der Waals surface area contributed by atoms with Gasteiger partial charge < -0.3 is 5.32 Å². The smallest absolute Gasteiger partial charge is 0.225 e. The Morgan fingerprint density at radius 3 is 2.57 bits per heavy atom. The third kappa shape index (κ3) is 3.15. The maximum absolute atomic E-state index is 12.7. The molecule has 2 fully saturated rings. The Hall–Kier alpha value is -1.30. The molecule has 2 saturated carbocycles. The van der Waals surface area contributed by atoms with E-state index < -0.39 is 5.54 Å². The van der Waals surface area contributed by atoms with Crippen LogP contribution in [0.1, 0.15) is 60.3 Å². The zero-order chi connectivity index (χ0) is 15.8. The van der Waals surface area contributed by atoms with Crippen molar-refractivity contribution in [2.75, 3.05) is 0 Å². The molecule has 0 spiro atoms. The number of carbonyl (C=O) groups is 1. The molecule has 21 heavy (non-hydrogen) atoms. The molecule has 0 aromatic rings. The van der Waals surface area contributed by atoms with Gasteiger partial charge in [-0.15, -0.1) is 0 Å². The van der Waals surface area contributed by atoms with E-state index in [4.69, 9.17) is 0 Å². The quantitative estimate of drug-likeness (QED) is 0.803. The van der Waals surface area contributed by atoms with Crippen LogP contribution in [0.4, 0.5) is 0 Å². The second-order valence-electron chi connectivity index (χ2n) is 7.95. The maximum Gasteiger partial charge on any atom is 0.225 e. The highest BCUT2D eigenvalue weighted by atomic mass is 16.2. The molecular formula is C18H28N2O. The van der Waals surface area contributed by atoms with E-state index in [1.165, 1.54) is 5.57 Å². The van der Waals surface area contributed by atoms with Crippen molar-refractivity contribution in [3.63, 3.8) is 0 Å². The molecule has 0 unspecified atom stereocenters. The van der Waals surface area contributed by atoms with E-state index in [9.17, 15) is 10.1 Å². The average Bonchev–Trinajstić information content (AvgIpc) is 2.89. The van der Waals surface area contributed by atoms with Crippen molar-refractivity contribution in [1.29, 1.82) is 5.26 Å². The third-order valence-electron chi connectivity index (χ3n) is 5.28. The lowest BCUT2D eigenvalue weighted by Crippen LogP contribution is -2.51. The van der Waals surface area contributed by atoms with Crippen molar-refractivity contribution in [3.05, 3.63) is 11.6 Å². The number of nitrogens with one attached hydrogen (secondary N) is 1. The summed E-state index contributed by atoms with van der Waals surface area (Å²) in [7, 11) is 0. The fraction of sp³-hybridized carbons (Fsp3) is 0.778. The monoisotopic (exact) mass is 288 g/mol. The Morgan fingerprint density at radius 2 is 2.05 bits per heavy atom. The van der Waals surface area contributed by atoms with E-state index in [0.717, 1.165) is 25.7 Å². The van der Waals surface area contributed by atoms with Gasteiger partial charge in [0.2, 0.25) is 5.91 Å². The Morgan fingerprint density at radius 1 is 1.38 bits per heavy atom. The normalized spacial score (nSPS) is 37.2. The topological polar surface area (TPSA) is 52.9 Å². The summed E-state index contributed by atoms with van der Waals surface area (Å²) < 4.78 is 0. The van der Waals surface area contributed by atoms with Crippen LogP contribution in [0.25, 0.3) is 0 Å². The first kappa shape index (κ1) is 16.1. The summed E-state index contributed by atoms with van der Waals surface area (Å²) in [4.78, 5) is 12.7. The highest BCUT2D eigenvalue weighted by Crippen LogP contribution is 2.59. The molecule has 1 amide bonds. The first-order valence-electron chi connectivity index (χ1n) is 8.10. The van der Waals surface area contributed by atoms with E-state index in [1.807, 2.05) is 0 Å². The maximum atomic E-state index is 12.7. The highest BCUT2D eigenvalue weighted by molar-refractivity contribution is 5.84. The van der Waals surface area contributed by atoms with Gasteiger partial charge in [-0.25, -0.2) is 0 Å². The van der Waals surface area contributed by atoms with E-state index >= 15 is 0 Å². The number of amides is 1. The molecule has 0 bridgehead atoms. The molecule has 0 aromatic carbocycles. The molecule has 0 aliphatic heterocycles. The van der Waals surface area contributed by atoms with E-state index in [-0.39, 0.29) is 17.2 Å². The lowest BCUT2D eigenvalue weighted by molar-refractivity contribution is -0.125. The molecule has 2 aliphatic carbocycles. The molecule has 3 heteroatoms. The third-order valence-corrected chi connectivity index (χ3v) is 5.28. The summed E-state index contributed by atoms with van der Waals surface area (Å²) in [5, 5.41) is 12.7. The predicted molar refractivity (Wildman–Crippen MR) is 84.3 cm³/mol. The second kappa shape index (κ2) is 5.48. The van der Waals surface area contributed by atoms with E-state index in [0.29, 0.717) is 11.8 Å². The van der Waals surface area contributed by atoms with Crippen molar-refractivity contribution in [2.24, 2.45) is 23.2 Å². The van der Waals surface area contributed by atoms with Crippen LogP contribution in [-0.2, 0) is 4.79 Å². The molecule has 0 radical (unpaired) electrons. The fourth-order valence-corrected chi connectivity index (χ4v) is 3.96. The van der Waals surface area contributed by atoms with Gasteiger partial charge in [-0.3, -0.25) is 4.79 Å². The molecular weight excluding hydrogens is 260 g/mol. The van der Waals surface area contributed by atoms with Crippen molar-refractivity contribution < 1.29 is 4.79 Å². The van der Waals surface area contributed by atoms with Crippen LogP contribution >= 0.6 is 0 Å². The minimum absolute atomic E-state index is 0.00913. The van der Waals surface area contributed by atoms with Gasteiger partial charge in [0.15, 0.2) is 0 Å². The van der Waals surface area contributed by atoms with Crippen molar-refractivity contribution in [3.8, 4) is 6.07 Å². The number of nitrogens with zero attached hydrogens (tertiary/aromatic N) is 1. The molecule has 1 N–H and O–H groups in total. The van der Waals surface area contributed by atoms with Crippen LogP contribution in [-0.4, -0.2) is 11.4 Å². The summed E-state index contributed by atoms with van der Waals surface area (Å²) in [6.45, 7) is 10.6. The number of rotatable bonds is 3. The zero-order valence-electron chi connectivity index (χ0n) is 14.0. The van der Waals surface area contributed by atoms with Crippen molar-refractivity contribution in [2.45, 2.75) is 65.8 Å². The summed E-state index contributed by atoms with van der Waals surface area (Å²) in [5.41, 5.74) is 0.631. The van der Waals surface area contributed by atoms with Crippen molar-refractivity contribution >= 4 is 5.91 Å². The standard InChI is InChI=1S/C18H28N2O/c1-12(2)9-14-15(17(14,4)5)16(21)20-18(11-19)8-6-7-13(3)10-18/h9,13-15H,6-8,10H2,1-5H3,(H,20,21)/t13-,14+,15+,18+/m0/s1. The van der Waals surface area contributed by atoms with E-state index in [1.54, 1.807) is 0 Å². The number of nitriles is 1. The molecule has 3 nitrogen and oxygen atoms in total. The molecule has 0 aromatic heterocycles. The van der Waals surface area contributed by atoms with Crippen LogP contribution < -0.4 is 5.32 Å². The number of carbonyl (C=O) groups excluding carboxylic acids is 1. The van der Waals surface area contributed by atoms with Gasteiger partial charge in [0.1, 0.15) is 5.54 Å². The molecule has 2 rings (SSSR count). The summed E-state index contributed by atoms with van der Waals surface area (Å²) in [6.07, 6.45) is 5.97. The summed E-state index contributed by atoms with van der Waals surface area (Å²) >= 11 is 0. The Kier molecular flexibility index (Phi) is 4.19. The van der Waals surface area contributed by atoms with Gasteiger partial charge in [-0.2, -0.15) is 5.26 Å². The van der Waals surface area contributed by atoms with Gasteiger partial charge >= 0.3 is 0 Å². The first-order chi connectivity index (χ1) is 9.72. The van der Waals surface area contributed by atoms with Crippen LogP contribution in [0.3, 0.4) is 0 Å². The largest absolute Gasteiger partial charge is 0.338 e. The molecule has 0 saturated heterocycles. The fourth-order valence-electron chi connectivity index (χ4n) is 3.96. The SMILES string of the molecule is CC(C)=C[C@@H]1[C@H](C(=O)N[C@]2(C#N)CCC[C@H](C)C2)C1(C)C. The van der Waals surface area contributed by atoms with Crippen LogP contribution in [0, 0.1) is 34.5 Å². The number of hydrogen-bond donors (Lipinski definition) is 1. The second-order valence-corrected chi connectivity index (χ2v) is 7.95. The van der Waals surface area contributed by atoms with Gasteiger partial charge in [0.05, 0.1) is 12.0 Å². The predicted octanol–water partition coefficient (Wildman–Crippen LogP) is 3.81. The van der Waals surface area contributed by atoms with Crippen LogP contribution in [0.15, 0.2) is 11.6 Å². The molecule has 2 aliphatic rings. The van der Waals surface area contributed by atoms with Gasteiger partial charge in [0.25, 0.3) is 0 Å². The number of allylic oxidation sites excluding steroid dienone is 2. The molecule has 4 atom stereocenters. The number of hydrogen-bond acceptors (Lipinski definition) is 2. The Balaban J connectivity index is 2.08. The lowest BCUT2D eigenvalue weighted by atomic mass is 9.77. The van der Waals surface area contributed by atoms with Gasteiger partial charge in [-0.05, 0) is 50.4 Å². The Bertz CT molecular complexity index is 496. The lowest BCUT2D eigenvalue weighted by Gasteiger charge is -2.35. The van der Waals surface area contributed by atoms with Crippen LogP contribution in [0.5, 0.6) is 0 Å². The first-order valence-corrected chi connectivity index (χ1v) is 8.10. The van der Waals surface area contributed by atoms with Gasteiger partial charge in [0, 0.05) is 0 Å². The van der Waals surface area contributed by atoms with E-state index in [2.05, 4.69) is 52.1 Å². The average molecular weight is 288 g/mol. The minimum Gasteiger partial charge on any atom is -0.338 e. The Labute approximate surface area is 128 Å². The zero-order valence-corrected chi connectivity index (χ0v) is 14.0. The summed E-state index contributed by atoms with van der Waals surface area (Å²) in [5.74, 6) is 0.895. The summed E-state index contributed by atoms with van der Waals surface area (Å²) in [6, 6.07) is 2.40.